The molecule has 2 aromatic rings. The van der Waals surface area contributed by atoms with Gasteiger partial charge in [0, 0.05) is 6.07 Å². The Bertz CT molecular complexity index is 591. The summed E-state index contributed by atoms with van der Waals surface area (Å²) in [5, 5.41) is 4.89. The van der Waals surface area contributed by atoms with E-state index in [0.717, 1.165) is 11.3 Å². The topological polar surface area (TPSA) is 73.1 Å². The minimum atomic E-state index is -3.79. The standard InChI is InChI=1S/C7H5FN2O2S2/c8-4-1-2-6-5(3-4)10-7(13-6)14(9,11)12/h1-3H,(H2,9,11,12). The highest BCUT2D eigenvalue weighted by Crippen LogP contribution is 2.24. The van der Waals surface area contributed by atoms with E-state index < -0.39 is 15.8 Å². The number of aromatic nitrogens is 1. The van der Waals surface area contributed by atoms with Gasteiger partial charge in [-0.1, -0.05) is 0 Å². The number of rotatable bonds is 1. The van der Waals surface area contributed by atoms with Crippen LogP contribution in [-0.4, -0.2) is 13.4 Å². The van der Waals surface area contributed by atoms with Crippen LogP contribution in [0.15, 0.2) is 22.5 Å². The first-order valence-electron chi connectivity index (χ1n) is 3.56. The Labute approximate surface area is 83.2 Å². The van der Waals surface area contributed by atoms with Crippen LogP contribution >= 0.6 is 11.3 Å². The van der Waals surface area contributed by atoms with E-state index in [4.69, 9.17) is 5.14 Å². The third-order valence-electron chi connectivity index (χ3n) is 1.57. The molecule has 0 saturated heterocycles. The average molecular weight is 232 g/mol. The van der Waals surface area contributed by atoms with Crippen LogP contribution < -0.4 is 5.14 Å². The minimum absolute atomic E-state index is 0.196. The van der Waals surface area contributed by atoms with Crippen LogP contribution in [0.4, 0.5) is 4.39 Å². The maximum absolute atomic E-state index is 12.7. The molecule has 0 atom stereocenters. The van der Waals surface area contributed by atoms with Crippen molar-refractivity contribution in [2.75, 3.05) is 0 Å². The van der Waals surface area contributed by atoms with Gasteiger partial charge in [0.2, 0.25) is 4.34 Å². The van der Waals surface area contributed by atoms with Crippen LogP contribution in [0.3, 0.4) is 0 Å². The lowest BCUT2D eigenvalue weighted by Gasteiger charge is -1.86. The molecular weight excluding hydrogens is 227 g/mol. The molecular formula is C7H5FN2O2S2. The molecule has 7 heteroatoms. The lowest BCUT2D eigenvalue weighted by molar-refractivity contribution is 0.597. The number of primary sulfonamides is 1. The average Bonchev–Trinajstić information content (AvgIpc) is 2.45. The van der Waals surface area contributed by atoms with Crippen molar-refractivity contribution in [3.8, 4) is 0 Å². The van der Waals surface area contributed by atoms with Gasteiger partial charge in [0.25, 0.3) is 10.0 Å². The molecule has 0 unspecified atom stereocenters. The third-order valence-corrected chi connectivity index (χ3v) is 3.93. The zero-order valence-corrected chi connectivity index (χ0v) is 8.40. The van der Waals surface area contributed by atoms with E-state index in [1.54, 1.807) is 0 Å². The van der Waals surface area contributed by atoms with Gasteiger partial charge in [-0.2, -0.15) is 0 Å². The van der Waals surface area contributed by atoms with Gasteiger partial charge in [0.05, 0.1) is 10.2 Å². The molecule has 0 amide bonds. The van der Waals surface area contributed by atoms with Crippen molar-refractivity contribution in [3.63, 3.8) is 0 Å². The summed E-state index contributed by atoms with van der Waals surface area (Å²) in [6.07, 6.45) is 0. The molecule has 2 rings (SSSR count). The molecule has 74 valence electrons. The van der Waals surface area contributed by atoms with E-state index in [1.807, 2.05) is 0 Å². The van der Waals surface area contributed by atoms with Crippen molar-refractivity contribution in [3.05, 3.63) is 24.0 Å². The summed E-state index contributed by atoms with van der Waals surface area (Å²) < 4.78 is 35.0. The molecule has 0 aliphatic heterocycles. The maximum atomic E-state index is 12.7. The summed E-state index contributed by atoms with van der Waals surface area (Å²) in [6.45, 7) is 0. The van der Waals surface area contributed by atoms with Gasteiger partial charge in [-0.3, -0.25) is 0 Å². The Morgan fingerprint density at radius 3 is 2.79 bits per heavy atom. The first-order chi connectivity index (χ1) is 6.47. The monoisotopic (exact) mass is 232 g/mol. The smallest absolute Gasteiger partial charge is 0.224 e. The molecule has 0 aliphatic carbocycles. The molecule has 1 heterocycles. The molecule has 0 aliphatic rings. The molecule has 14 heavy (non-hydrogen) atoms. The number of fused-ring (bicyclic) bond motifs is 1. The van der Waals surface area contributed by atoms with Gasteiger partial charge >= 0.3 is 0 Å². The first kappa shape index (κ1) is 9.50. The van der Waals surface area contributed by atoms with Gasteiger partial charge in [-0.05, 0) is 12.1 Å². The highest BCUT2D eigenvalue weighted by Gasteiger charge is 2.14. The summed E-state index contributed by atoms with van der Waals surface area (Å²) in [5.74, 6) is -0.455. The number of sulfonamides is 1. The second kappa shape index (κ2) is 2.97. The lowest BCUT2D eigenvalue weighted by Crippen LogP contribution is -2.11. The van der Waals surface area contributed by atoms with Crippen LogP contribution in [0.2, 0.25) is 0 Å². The predicted octanol–water partition coefficient (Wildman–Crippen LogP) is 1.08. The fourth-order valence-electron chi connectivity index (χ4n) is 1.00. The Morgan fingerprint density at radius 2 is 2.14 bits per heavy atom. The van der Waals surface area contributed by atoms with Crippen molar-refractivity contribution >= 4 is 31.6 Å². The van der Waals surface area contributed by atoms with Gasteiger partial charge in [0.15, 0.2) is 0 Å². The number of halogens is 1. The summed E-state index contributed by atoms with van der Waals surface area (Å²) >= 11 is 0.922. The normalized spacial score (nSPS) is 12.1. The maximum Gasteiger partial charge on any atom is 0.265 e. The predicted molar refractivity (Wildman–Crippen MR) is 51.0 cm³/mol. The SMILES string of the molecule is NS(=O)(=O)c1nc2cc(F)ccc2s1. The molecule has 0 bridgehead atoms. The Kier molecular flexibility index (Phi) is 2.02. The van der Waals surface area contributed by atoms with Crippen molar-refractivity contribution < 1.29 is 12.8 Å². The number of thiazole rings is 1. The van der Waals surface area contributed by atoms with Gasteiger partial charge in [0.1, 0.15) is 5.82 Å². The number of hydrogen-bond donors (Lipinski definition) is 1. The van der Waals surface area contributed by atoms with E-state index in [0.29, 0.717) is 10.2 Å². The van der Waals surface area contributed by atoms with Crippen molar-refractivity contribution in [2.45, 2.75) is 4.34 Å². The quantitative estimate of drug-likeness (QED) is 0.799. The zero-order valence-electron chi connectivity index (χ0n) is 6.77. The third kappa shape index (κ3) is 1.61. The summed E-state index contributed by atoms with van der Waals surface area (Å²) in [6, 6.07) is 3.88. The summed E-state index contributed by atoms with van der Waals surface area (Å²) in [4.78, 5) is 3.71. The fraction of sp³-hybridized carbons (Fsp3) is 0. The molecule has 0 fully saturated rings. The van der Waals surface area contributed by atoms with Crippen molar-refractivity contribution in [2.24, 2.45) is 5.14 Å². The van der Waals surface area contributed by atoms with Crippen LogP contribution in [0.1, 0.15) is 0 Å². The molecule has 0 spiro atoms. The number of hydrogen-bond acceptors (Lipinski definition) is 4. The summed E-state index contributed by atoms with van der Waals surface area (Å²) in [5.41, 5.74) is 0.305. The highest BCUT2D eigenvalue weighted by atomic mass is 32.2. The molecule has 4 nitrogen and oxygen atoms in total. The number of nitrogens with zero attached hydrogens (tertiary/aromatic N) is 1. The Hall–Kier alpha value is -1.05. The van der Waals surface area contributed by atoms with Gasteiger partial charge in [-0.15, -0.1) is 11.3 Å². The number of benzene rings is 1. The second-order valence-electron chi connectivity index (χ2n) is 2.64. The van der Waals surface area contributed by atoms with E-state index in [9.17, 15) is 12.8 Å². The fourth-order valence-corrected chi connectivity index (χ4v) is 2.64. The van der Waals surface area contributed by atoms with Crippen LogP contribution in [0.25, 0.3) is 10.2 Å². The lowest BCUT2D eigenvalue weighted by atomic mass is 10.3. The Morgan fingerprint density at radius 1 is 1.43 bits per heavy atom. The molecule has 1 aromatic heterocycles. The highest BCUT2D eigenvalue weighted by molar-refractivity contribution is 7.91. The molecule has 1 aromatic carbocycles. The second-order valence-corrected chi connectivity index (χ2v) is 5.40. The summed E-state index contributed by atoms with van der Waals surface area (Å²) in [7, 11) is -3.79. The van der Waals surface area contributed by atoms with E-state index in [2.05, 4.69) is 4.98 Å². The molecule has 0 radical (unpaired) electrons. The van der Waals surface area contributed by atoms with Crippen molar-refractivity contribution in [1.82, 2.24) is 4.98 Å². The van der Waals surface area contributed by atoms with E-state index in [-0.39, 0.29) is 4.34 Å². The van der Waals surface area contributed by atoms with E-state index >= 15 is 0 Å². The zero-order chi connectivity index (χ0) is 10.3. The number of nitrogens with two attached hydrogens (primary N) is 1. The largest absolute Gasteiger partial charge is 0.265 e. The van der Waals surface area contributed by atoms with E-state index in [1.165, 1.54) is 18.2 Å². The Balaban J connectivity index is 2.75. The van der Waals surface area contributed by atoms with Gasteiger partial charge < -0.3 is 0 Å². The van der Waals surface area contributed by atoms with Crippen molar-refractivity contribution in [1.29, 1.82) is 0 Å². The first-order valence-corrected chi connectivity index (χ1v) is 5.92. The van der Waals surface area contributed by atoms with Crippen LogP contribution in [0.5, 0.6) is 0 Å². The minimum Gasteiger partial charge on any atom is -0.224 e. The van der Waals surface area contributed by atoms with Gasteiger partial charge in [-0.25, -0.2) is 22.9 Å². The van der Waals surface area contributed by atoms with Crippen LogP contribution in [-0.2, 0) is 10.0 Å². The molecule has 2 N–H and O–H groups in total. The van der Waals surface area contributed by atoms with Crippen LogP contribution in [0, 0.1) is 5.82 Å². The molecule has 0 saturated carbocycles.